The summed E-state index contributed by atoms with van der Waals surface area (Å²) >= 11 is 0. The molecular weight excluding hydrogens is 139 g/mol. The highest BCUT2D eigenvalue weighted by Crippen LogP contribution is 2.22. The summed E-state index contributed by atoms with van der Waals surface area (Å²) < 4.78 is 17.5. The first-order valence-corrected chi connectivity index (χ1v) is 3.25. The van der Waals surface area contributed by atoms with Gasteiger partial charge in [0.05, 0.1) is 12.7 Å². The van der Waals surface area contributed by atoms with Crippen molar-refractivity contribution in [3.8, 4) is 0 Å². The normalized spacial score (nSPS) is 48.0. The van der Waals surface area contributed by atoms with Crippen LogP contribution in [0.4, 0.5) is 4.39 Å². The van der Waals surface area contributed by atoms with Crippen molar-refractivity contribution in [3.63, 3.8) is 0 Å². The van der Waals surface area contributed by atoms with Gasteiger partial charge < -0.3 is 14.9 Å². The fourth-order valence-electron chi connectivity index (χ4n) is 1.07. The van der Waals surface area contributed by atoms with Crippen molar-refractivity contribution in [1.82, 2.24) is 0 Å². The zero-order valence-corrected chi connectivity index (χ0v) is 5.70. The van der Waals surface area contributed by atoms with Gasteiger partial charge in [-0.25, -0.2) is 4.39 Å². The lowest BCUT2D eigenvalue weighted by Gasteiger charge is -2.09. The van der Waals surface area contributed by atoms with Crippen molar-refractivity contribution >= 4 is 0 Å². The molecule has 0 aromatic heterocycles. The first kappa shape index (κ1) is 7.91. The number of aliphatic hydroxyl groups is 2. The minimum atomic E-state index is -1.36. The van der Waals surface area contributed by atoms with Crippen molar-refractivity contribution < 1.29 is 19.3 Å². The van der Waals surface area contributed by atoms with E-state index in [1.54, 1.807) is 0 Å². The minimum Gasteiger partial charge on any atom is -0.394 e. The third-order valence-corrected chi connectivity index (χ3v) is 1.73. The summed E-state index contributed by atoms with van der Waals surface area (Å²) in [6, 6.07) is 0. The maximum Gasteiger partial charge on any atom is 0.154 e. The smallest absolute Gasteiger partial charge is 0.154 e. The van der Waals surface area contributed by atoms with Crippen LogP contribution in [-0.4, -0.2) is 41.3 Å². The number of alkyl halides is 1. The Morgan fingerprint density at radius 3 is 2.40 bits per heavy atom. The SMILES string of the molecule is C[C@@H]1O[C@H](CO)C(O)[C@@H]1F. The van der Waals surface area contributed by atoms with E-state index in [0.29, 0.717) is 0 Å². The summed E-state index contributed by atoms with van der Waals surface area (Å²) in [6.07, 6.45) is -3.88. The molecule has 10 heavy (non-hydrogen) atoms. The number of halogens is 1. The van der Waals surface area contributed by atoms with Crippen LogP contribution in [0, 0.1) is 0 Å². The molecule has 0 spiro atoms. The average molecular weight is 150 g/mol. The second-order valence-corrected chi connectivity index (χ2v) is 2.50. The van der Waals surface area contributed by atoms with Crippen molar-refractivity contribution in [1.29, 1.82) is 0 Å². The van der Waals surface area contributed by atoms with E-state index >= 15 is 0 Å². The van der Waals surface area contributed by atoms with Gasteiger partial charge in [-0.2, -0.15) is 0 Å². The van der Waals surface area contributed by atoms with E-state index in [0.717, 1.165) is 0 Å². The average Bonchev–Trinajstić information content (AvgIpc) is 2.17. The van der Waals surface area contributed by atoms with Gasteiger partial charge in [-0.3, -0.25) is 0 Å². The zero-order valence-electron chi connectivity index (χ0n) is 5.70. The van der Waals surface area contributed by atoms with Gasteiger partial charge in [-0.1, -0.05) is 0 Å². The van der Waals surface area contributed by atoms with Crippen molar-refractivity contribution in [2.75, 3.05) is 6.61 Å². The number of rotatable bonds is 1. The predicted molar refractivity (Wildman–Crippen MR) is 32.3 cm³/mol. The molecule has 4 atom stereocenters. The maximum atomic E-state index is 12.7. The lowest BCUT2D eigenvalue weighted by molar-refractivity contribution is -0.0171. The molecule has 0 radical (unpaired) electrons. The first-order chi connectivity index (χ1) is 4.66. The standard InChI is InChI=1S/C6H11FO3/c1-3-5(7)6(9)4(2-8)10-3/h3-6,8-9H,2H2,1H3/t3-,4+,5+,6?/m0/s1. The Kier molecular flexibility index (Phi) is 2.23. The lowest BCUT2D eigenvalue weighted by Crippen LogP contribution is -2.30. The summed E-state index contributed by atoms with van der Waals surface area (Å²) in [7, 11) is 0. The van der Waals surface area contributed by atoms with Gasteiger partial charge in [-0.05, 0) is 6.92 Å². The van der Waals surface area contributed by atoms with Crippen LogP contribution < -0.4 is 0 Å². The lowest BCUT2D eigenvalue weighted by atomic mass is 10.1. The Morgan fingerprint density at radius 2 is 2.20 bits per heavy atom. The Balaban J connectivity index is 2.53. The molecule has 1 fully saturated rings. The van der Waals surface area contributed by atoms with E-state index in [9.17, 15) is 4.39 Å². The van der Waals surface area contributed by atoms with Crippen molar-refractivity contribution in [2.45, 2.75) is 31.4 Å². The number of hydrogen-bond acceptors (Lipinski definition) is 3. The van der Waals surface area contributed by atoms with Crippen LogP contribution in [0.3, 0.4) is 0 Å². The molecule has 3 nitrogen and oxygen atoms in total. The van der Waals surface area contributed by atoms with Gasteiger partial charge in [0.15, 0.2) is 6.17 Å². The minimum absolute atomic E-state index is 0.327. The van der Waals surface area contributed by atoms with Crippen LogP contribution in [0.5, 0.6) is 0 Å². The molecular formula is C6H11FO3. The molecule has 0 amide bonds. The molecule has 0 aliphatic carbocycles. The molecule has 4 heteroatoms. The Hall–Kier alpha value is -0.190. The van der Waals surface area contributed by atoms with Crippen LogP contribution >= 0.6 is 0 Å². The second kappa shape index (κ2) is 2.82. The molecule has 0 aromatic carbocycles. The van der Waals surface area contributed by atoms with Crippen LogP contribution in [0.1, 0.15) is 6.92 Å². The van der Waals surface area contributed by atoms with E-state index in [-0.39, 0.29) is 6.61 Å². The van der Waals surface area contributed by atoms with Gasteiger partial charge in [-0.15, -0.1) is 0 Å². The highest BCUT2D eigenvalue weighted by Gasteiger charge is 2.40. The largest absolute Gasteiger partial charge is 0.394 e. The highest BCUT2D eigenvalue weighted by atomic mass is 19.1. The molecule has 1 saturated heterocycles. The molecule has 60 valence electrons. The molecule has 2 N–H and O–H groups in total. The third kappa shape index (κ3) is 1.14. The summed E-state index contributed by atoms with van der Waals surface area (Å²) in [6.45, 7) is 1.20. The molecule has 0 aromatic rings. The monoisotopic (exact) mass is 150 g/mol. The molecule has 0 bridgehead atoms. The zero-order chi connectivity index (χ0) is 7.72. The van der Waals surface area contributed by atoms with E-state index in [1.807, 2.05) is 0 Å². The van der Waals surface area contributed by atoms with Crippen LogP contribution in [0.25, 0.3) is 0 Å². The summed E-state index contributed by atoms with van der Waals surface area (Å²) in [5.74, 6) is 0. The third-order valence-electron chi connectivity index (χ3n) is 1.73. The van der Waals surface area contributed by atoms with Crippen LogP contribution in [-0.2, 0) is 4.74 Å². The van der Waals surface area contributed by atoms with Crippen LogP contribution in [0.15, 0.2) is 0 Å². The van der Waals surface area contributed by atoms with Crippen molar-refractivity contribution in [2.24, 2.45) is 0 Å². The fraction of sp³-hybridized carbons (Fsp3) is 1.00. The van der Waals surface area contributed by atoms with Gasteiger partial charge >= 0.3 is 0 Å². The van der Waals surface area contributed by atoms with E-state index in [4.69, 9.17) is 14.9 Å². The highest BCUT2D eigenvalue weighted by molar-refractivity contribution is 4.88. The van der Waals surface area contributed by atoms with Gasteiger partial charge in [0.1, 0.15) is 12.2 Å². The Bertz CT molecular complexity index is 120. The quantitative estimate of drug-likeness (QED) is 0.528. The molecule has 1 aliphatic heterocycles. The fourth-order valence-corrected chi connectivity index (χ4v) is 1.07. The summed E-state index contributed by atoms with van der Waals surface area (Å²) in [4.78, 5) is 0. The Labute approximate surface area is 58.4 Å². The topological polar surface area (TPSA) is 49.7 Å². The molecule has 1 rings (SSSR count). The van der Waals surface area contributed by atoms with Gasteiger partial charge in [0, 0.05) is 0 Å². The first-order valence-electron chi connectivity index (χ1n) is 3.25. The van der Waals surface area contributed by atoms with E-state index in [1.165, 1.54) is 6.92 Å². The summed E-state index contributed by atoms with van der Waals surface area (Å²) in [5.41, 5.74) is 0. The molecule has 0 saturated carbocycles. The maximum absolute atomic E-state index is 12.7. The predicted octanol–water partition coefficient (Wildman–Crippen LogP) is -0.535. The summed E-state index contributed by atoms with van der Waals surface area (Å²) in [5, 5.41) is 17.5. The second-order valence-electron chi connectivity index (χ2n) is 2.50. The van der Waals surface area contributed by atoms with Gasteiger partial charge in [0.2, 0.25) is 0 Å². The number of hydrogen-bond donors (Lipinski definition) is 2. The van der Waals surface area contributed by atoms with E-state index < -0.39 is 24.5 Å². The number of ether oxygens (including phenoxy) is 1. The molecule has 1 aliphatic rings. The van der Waals surface area contributed by atoms with Gasteiger partial charge in [0.25, 0.3) is 0 Å². The van der Waals surface area contributed by atoms with Crippen molar-refractivity contribution in [3.05, 3.63) is 0 Å². The molecule has 1 unspecified atom stereocenters. The number of aliphatic hydroxyl groups excluding tert-OH is 2. The van der Waals surface area contributed by atoms with Crippen LogP contribution in [0.2, 0.25) is 0 Å². The molecule has 1 heterocycles. The van der Waals surface area contributed by atoms with E-state index in [2.05, 4.69) is 0 Å². The Morgan fingerprint density at radius 1 is 1.60 bits per heavy atom.